The number of amides is 1. The van der Waals surface area contributed by atoms with Gasteiger partial charge in [-0.15, -0.1) is 11.6 Å². The molecule has 154 valence electrons. The van der Waals surface area contributed by atoms with Crippen LogP contribution in [0.3, 0.4) is 0 Å². The van der Waals surface area contributed by atoms with E-state index in [9.17, 15) is 9.18 Å². The molecule has 0 spiro atoms. The molecule has 0 bridgehead atoms. The first-order valence-corrected chi connectivity index (χ1v) is 10.5. The summed E-state index contributed by atoms with van der Waals surface area (Å²) in [6, 6.07) is -0.122. The minimum atomic E-state index is -0.520. The average Bonchev–Trinajstić information content (AvgIpc) is 3.14. The van der Waals surface area contributed by atoms with Crippen molar-refractivity contribution in [3.63, 3.8) is 0 Å². The Bertz CT molecular complexity index is 1020. The van der Waals surface area contributed by atoms with Crippen LogP contribution in [-0.4, -0.2) is 44.9 Å². The molecule has 2 aromatic heterocycles. The Morgan fingerprint density at radius 3 is 2.93 bits per heavy atom. The van der Waals surface area contributed by atoms with Gasteiger partial charge in [0.2, 0.25) is 5.91 Å². The molecule has 1 saturated carbocycles. The molecule has 1 fully saturated rings. The second-order valence-electron chi connectivity index (χ2n) is 7.44. The predicted octanol–water partition coefficient (Wildman–Crippen LogP) is 1.88. The number of fused-ring (bicyclic) bond motifs is 1. The third-order valence-corrected chi connectivity index (χ3v) is 5.67. The summed E-state index contributed by atoms with van der Waals surface area (Å²) in [6.45, 7) is 2.33. The molecule has 2 aromatic rings. The van der Waals surface area contributed by atoms with E-state index in [1.54, 1.807) is 6.20 Å². The minimum absolute atomic E-state index is 0.00131. The van der Waals surface area contributed by atoms with Crippen LogP contribution in [0.4, 0.5) is 10.2 Å². The fourth-order valence-corrected chi connectivity index (χ4v) is 4.07. The highest BCUT2D eigenvalue weighted by Gasteiger charge is 2.27. The molecule has 0 saturated heterocycles. The van der Waals surface area contributed by atoms with E-state index >= 15 is 0 Å². The van der Waals surface area contributed by atoms with Crippen molar-refractivity contribution >= 4 is 29.4 Å². The second-order valence-corrected chi connectivity index (χ2v) is 8.00. The number of hydrogen-bond acceptors (Lipinski definition) is 5. The molecule has 4 rings (SSSR count). The molecule has 3 atom stereocenters. The highest BCUT2D eigenvalue weighted by Crippen LogP contribution is 2.24. The van der Waals surface area contributed by atoms with Crippen LogP contribution in [0.1, 0.15) is 39.0 Å². The number of carbonyl (C=O) groups excluding carboxylic acids is 1. The van der Waals surface area contributed by atoms with Crippen molar-refractivity contribution < 1.29 is 9.18 Å². The van der Waals surface area contributed by atoms with Crippen LogP contribution in [0.15, 0.2) is 17.4 Å². The zero-order valence-electron chi connectivity index (χ0n) is 16.2. The Morgan fingerprint density at radius 2 is 2.14 bits per heavy atom. The lowest BCUT2D eigenvalue weighted by molar-refractivity contribution is -0.121. The van der Waals surface area contributed by atoms with E-state index in [0.717, 1.165) is 42.0 Å². The van der Waals surface area contributed by atoms with Crippen molar-refractivity contribution in [2.45, 2.75) is 56.5 Å². The van der Waals surface area contributed by atoms with Gasteiger partial charge in [0.1, 0.15) is 5.49 Å². The third-order valence-electron chi connectivity index (χ3n) is 5.41. The van der Waals surface area contributed by atoms with E-state index in [4.69, 9.17) is 11.6 Å². The van der Waals surface area contributed by atoms with E-state index in [-0.39, 0.29) is 29.2 Å². The maximum absolute atomic E-state index is 14.5. The first-order chi connectivity index (χ1) is 14.0. The standard InChI is InChI=1S/C20H24ClFN6O/c1-2-17(29)26-15-5-3-4-6-16(15)27-20-14(22)10-25-19(28-20)13-9-24-18-12(13)7-11(21)8-23-18/h7,9-11,15-16H,2-6,8H2,1H3,(H,23,24)(H,26,29)(H,25,27,28)/t11?,15-,16-/m0/s1. The fourth-order valence-electron chi connectivity index (χ4n) is 3.88. The Kier molecular flexibility index (Phi) is 5.80. The number of halogens is 2. The average molecular weight is 419 g/mol. The van der Waals surface area contributed by atoms with Crippen molar-refractivity contribution in [2.75, 3.05) is 11.9 Å². The first-order valence-electron chi connectivity index (χ1n) is 10.0. The summed E-state index contributed by atoms with van der Waals surface area (Å²) in [4.78, 5) is 28.0. The van der Waals surface area contributed by atoms with Crippen molar-refractivity contribution in [3.8, 4) is 11.4 Å². The van der Waals surface area contributed by atoms with E-state index in [0.29, 0.717) is 18.8 Å². The highest BCUT2D eigenvalue weighted by molar-refractivity contribution is 6.24. The third kappa shape index (κ3) is 4.27. The molecule has 1 aliphatic carbocycles. The van der Waals surface area contributed by atoms with Gasteiger partial charge in [-0.05, 0) is 12.8 Å². The molecule has 1 unspecified atom stereocenters. The van der Waals surface area contributed by atoms with Crippen LogP contribution in [-0.2, 0) is 4.79 Å². The van der Waals surface area contributed by atoms with Crippen LogP contribution in [0.5, 0.6) is 0 Å². The van der Waals surface area contributed by atoms with Crippen molar-refractivity contribution in [3.05, 3.63) is 28.9 Å². The lowest BCUT2D eigenvalue weighted by Gasteiger charge is -2.33. The molecule has 29 heavy (non-hydrogen) atoms. The van der Waals surface area contributed by atoms with Gasteiger partial charge >= 0.3 is 0 Å². The Balaban J connectivity index is 1.62. The first kappa shape index (κ1) is 19.8. The number of aromatic amines is 1. The lowest BCUT2D eigenvalue weighted by atomic mass is 9.90. The summed E-state index contributed by atoms with van der Waals surface area (Å²) in [6.07, 6.45) is 9.04. The molecule has 2 aliphatic rings. The minimum Gasteiger partial charge on any atom is -0.363 e. The van der Waals surface area contributed by atoms with E-state index in [1.165, 1.54) is 6.20 Å². The number of H-pyrrole nitrogens is 1. The summed E-state index contributed by atoms with van der Waals surface area (Å²) >= 11 is 6.20. The molecule has 0 aromatic carbocycles. The van der Waals surface area contributed by atoms with Crippen molar-refractivity contribution in [1.82, 2.24) is 20.3 Å². The van der Waals surface area contributed by atoms with Crippen LogP contribution >= 0.6 is 11.6 Å². The maximum atomic E-state index is 14.5. The highest BCUT2D eigenvalue weighted by atomic mass is 35.5. The van der Waals surface area contributed by atoms with Crippen LogP contribution in [0.2, 0.25) is 0 Å². The van der Waals surface area contributed by atoms with E-state index < -0.39 is 5.82 Å². The van der Waals surface area contributed by atoms with E-state index in [1.807, 2.05) is 13.0 Å². The van der Waals surface area contributed by atoms with Gasteiger partial charge in [0, 0.05) is 35.5 Å². The van der Waals surface area contributed by atoms with Gasteiger partial charge in [-0.2, -0.15) is 0 Å². The fraction of sp³-hybridized carbons (Fsp3) is 0.500. The summed E-state index contributed by atoms with van der Waals surface area (Å²) in [5.41, 5.74) is 1.46. The zero-order chi connectivity index (χ0) is 20.4. The molecule has 9 heteroatoms. The normalized spacial score (nSPS) is 23.5. The molecular formula is C20H24ClFN6O. The largest absolute Gasteiger partial charge is 0.363 e. The summed E-state index contributed by atoms with van der Waals surface area (Å²) < 4.78 is 14.5. The number of nitrogens with one attached hydrogen (secondary N) is 3. The second kappa shape index (κ2) is 8.49. The maximum Gasteiger partial charge on any atom is 0.220 e. The van der Waals surface area contributed by atoms with Gasteiger partial charge in [-0.25, -0.2) is 14.4 Å². The monoisotopic (exact) mass is 418 g/mol. The van der Waals surface area contributed by atoms with Gasteiger partial charge in [-0.3, -0.25) is 9.79 Å². The topological polar surface area (TPSA) is 95.1 Å². The molecule has 3 heterocycles. The lowest BCUT2D eigenvalue weighted by Crippen LogP contribution is -2.48. The number of carbonyl (C=O) groups is 1. The number of nitrogens with zero attached hydrogens (tertiary/aromatic N) is 3. The number of alkyl halides is 1. The number of aromatic nitrogens is 3. The summed E-state index contributed by atoms with van der Waals surface area (Å²) in [5.74, 6) is 0.0194. The number of hydrogen-bond donors (Lipinski definition) is 3. The molecule has 7 nitrogen and oxygen atoms in total. The molecule has 1 amide bonds. The Morgan fingerprint density at radius 1 is 1.34 bits per heavy atom. The zero-order valence-corrected chi connectivity index (χ0v) is 17.0. The van der Waals surface area contributed by atoms with Crippen molar-refractivity contribution in [1.29, 1.82) is 0 Å². The van der Waals surface area contributed by atoms with Gasteiger partial charge < -0.3 is 15.6 Å². The number of rotatable bonds is 5. The summed E-state index contributed by atoms with van der Waals surface area (Å²) in [5, 5.41) is 6.89. The predicted molar refractivity (Wildman–Crippen MR) is 110 cm³/mol. The van der Waals surface area contributed by atoms with E-state index in [2.05, 4.69) is 30.6 Å². The Labute approximate surface area is 172 Å². The molecular weight excluding hydrogens is 395 g/mol. The molecule has 3 N–H and O–H groups in total. The smallest absolute Gasteiger partial charge is 0.220 e. The van der Waals surface area contributed by atoms with Gasteiger partial charge in [0.15, 0.2) is 17.5 Å². The van der Waals surface area contributed by atoms with Crippen molar-refractivity contribution in [2.24, 2.45) is 4.99 Å². The number of anilines is 1. The van der Waals surface area contributed by atoms with Gasteiger partial charge in [-0.1, -0.05) is 25.8 Å². The SMILES string of the molecule is CCC(=O)N[C@H]1CCCC[C@@H]1Nc1nc(-c2c[nH]c3c2=CC(Cl)CN=3)ncc1F. The van der Waals surface area contributed by atoms with Crippen LogP contribution < -0.4 is 21.3 Å². The van der Waals surface area contributed by atoms with Gasteiger partial charge in [0.05, 0.1) is 18.1 Å². The molecule has 0 radical (unpaired) electrons. The molecule has 1 aliphatic heterocycles. The quantitative estimate of drug-likeness (QED) is 0.646. The van der Waals surface area contributed by atoms with Crippen LogP contribution in [0, 0.1) is 5.82 Å². The van der Waals surface area contributed by atoms with Crippen LogP contribution in [0.25, 0.3) is 17.5 Å². The van der Waals surface area contributed by atoms with Gasteiger partial charge in [0.25, 0.3) is 0 Å². The summed E-state index contributed by atoms with van der Waals surface area (Å²) in [7, 11) is 0. The Hall–Kier alpha value is -2.48.